The number of nitrogens with zero attached hydrogens (tertiary/aromatic N) is 2. The first-order valence-electron chi connectivity index (χ1n) is 10.6. The van der Waals surface area contributed by atoms with E-state index in [1.54, 1.807) is 7.11 Å². The van der Waals surface area contributed by atoms with Crippen LogP contribution in [0, 0.1) is 0 Å². The minimum absolute atomic E-state index is 0.190. The first-order chi connectivity index (χ1) is 15.7. The number of benzene rings is 3. The third kappa shape index (κ3) is 4.82. The van der Waals surface area contributed by atoms with Crippen molar-refractivity contribution in [2.75, 3.05) is 20.3 Å². The van der Waals surface area contributed by atoms with Gasteiger partial charge in [-0.1, -0.05) is 72.0 Å². The predicted octanol–water partition coefficient (Wildman–Crippen LogP) is 5.01. The fraction of sp³-hybridized carbons (Fsp3) is 0.231. The first kappa shape index (κ1) is 22.0. The van der Waals surface area contributed by atoms with Crippen LogP contribution in [-0.2, 0) is 16.1 Å². The number of amides is 1. The summed E-state index contributed by atoms with van der Waals surface area (Å²) in [6, 6.07) is 25.6. The molecule has 1 aromatic heterocycles. The molecule has 0 spiro atoms. The van der Waals surface area contributed by atoms with E-state index in [4.69, 9.17) is 9.47 Å². The fourth-order valence-corrected chi connectivity index (χ4v) is 4.81. The lowest BCUT2D eigenvalue weighted by Crippen LogP contribution is -2.22. The van der Waals surface area contributed by atoms with Gasteiger partial charge in [0.15, 0.2) is 4.80 Å². The smallest absolute Gasteiger partial charge is 0.260 e. The molecule has 0 unspecified atom stereocenters. The Bertz CT molecular complexity index is 1210. The highest BCUT2D eigenvalue weighted by molar-refractivity contribution is 7.16. The minimum atomic E-state index is -0.461. The van der Waals surface area contributed by atoms with Gasteiger partial charge in [-0.3, -0.25) is 4.79 Å². The number of ether oxygens (including phenoxy) is 2. The van der Waals surface area contributed by atoms with Crippen LogP contribution in [0.3, 0.4) is 0 Å². The van der Waals surface area contributed by atoms with Crippen molar-refractivity contribution in [2.45, 2.75) is 19.4 Å². The van der Waals surface area contributed by atoms with E-state index in [0.717, 1.165) is 27.1 Å². The van der Waals surface area contributed by atoms with Gasteiger partial charge in [0.05, 0.1) is 29.3 Å². The van der Waals surface area contributed by atoms with Gasteiger partial charge in [0.1, 0.15) is 5.75 Å². The topological polar surface area (TPSA) is 52.8 Å². The van der Waals surface area contributed by atoms with Gasteiger partial charge in [-0.15, -0.1) is 0 Å². The number of hydrogen-bond donors (Lipinski definition) is 0. The van der Waals surface area contributed by atoms with Gasteiger partial charge in [-0.2, -0.15) is 4.99 Å². The van der Waals surface area contributed by atoms with Crippen molar-refractivity contribution in [3.63, 3.8) is 0 Å². The zero-order valence-electron chi connectivity index (χ0n) is 18.2. The first-order valence-corrected chi connectivity index (χ1v) is 11.5. The van der Waals surface area contributed by atoms with Gasteiger partial charge in [-0.25, -0.2) is 0 Å². The molecular weight excluding hydrogens is 420 g/mol. The van der Waals surface area contributed by atoms with E-state index in [1.165, 1.54) is 11.3 Å². The lowest BCUT2D eigenvalue weighted by molar-refractivity contribution is -0.118. The molecule has 0 saturated carbocycles. The summed E-state index contributed by atoms with van der Waals surface area (Å²) in [4.78, 5) is 18.8. The molecule has 0 atom stereocenters. The summed E-state index contributed by atoms with van der Waals surface area (Å²) in [6.07, 6.45) is 0. The highest BCUT2D eigenvalue weighted by atomic mass is 32.1. The third-order valence-electron chi connectivity index (χ3n) is 5.20. The van der Waals surface area contributed by atoms with Crippen molar-refractivity contribution in [3.05, 3.63) is 94.8 Å². The monoisotopic (exact) mass is 446 g/mol. The molecule has 0 aliphatic heterocycles. The van der Waals surface area contributed by atoms with Crippen LogP contribution < -0.4 is 9.54 Å². The van der Waals surface area contributed by atoms with Crippen molar-refractivity contribution in [1.29, 1.82) is 0 Å². The third-order valence-corrected chi connectivity index (χ3v) is 6.24. The second-order valence-electron chi connectivity index (χ2n) is 7.30. The van der Waals surface area contributed by atoms with Crippen LogP contribution in [0.15, 0.2) is 83.9 Å². The maximum Gasteiger partial charge on any atom is 0.260 e. The number of methoxy groups -OCH3 is 1. The van der Waals surface area contributed by atoms with Crippen molar-refractivity contribution < 1.29 is 14.3 Å². The standard InChI is InChI=1S/C26H26N2O3S/c1-3-31-21-14-15-22-23(18-21)32-26(28(22)16-17-30-2)27-25(29)24(19-10-6-4-7-11-19)20-12-8-5-9-13-20/h4-15,18,24H,3,16-17H2,1-2H3. The van der Waals surface area contributed by atoms with E-state index in [2.05, 4.69) is 4.99 Å². The molecule has 0 saturated heterocycles. The molecule has 0 N–H and O–H groups in total. The predicted molar refractivity (Wildman–Crippen MR) is 128 cm³/mol. The number of carbonyl (C=O) groups is 1. The highest BCUT2D eigenvalue weighted by Crippen LogP contribution is 2.27. The van der Waals surface area contributed by atoms with E-state index < -0.39 is 5.92 Å². The zero-order valence-corrected chi connectivity index (χ0v) is 19.0. The van der Waals surface area contributed by atoms with E-state index in [1.807, 2.05) is 90.4 Å². The zero-order chi connectivity index (χ0) is 22.3. The fourth-order valence-electron chi connectivity index (χ4n) is 3.72. The van der Waals surface area contributed by atoms with Crippen LogP contribution in [0.2, 0.25) is 0 Å². The summed E-state index contributed by atoms with van der Waals surface area (Å²) in [6.45, 7) is 3.70. The Labute approximate surface area is 191 Å². The summed E-state index contributed by atoms with van der Waals surface area (Å²) in [5, 5.41) is 0. The molecule has 5 nitrogen and oxygen atoms in total. The van der Waals surface area contributed by atoms with Crippen molar-refractivity contribution in [2.24, 2.45) is 4.99 Å². The number of rotatable bonds is 8. The quantitative estimate of drug-likeness (QED) is 0.382. The molecule has 4 aromatic rings. The lowest BCUT2D eigenvalue weighted by Gasteiger charge is -2.14. The van der Waals surface area contributed by atoms with E-state index in [9.17, 15) is 4.79 Å². The van der Waals surface area contributed by atoms with Crippen LogP contribution in [-0.4, -0.2) is 30.8 Å². The molecule has 1 amide bonds. The van der Waals surface area contributed by atoms with E-state index in [-0.39, 0.29) is 5.91 Å². The lowest BCUT2D eigenvalue weighted by atomic mass is 9.91. The number of fused-ring (bicyclic) bond motifs is 1. The Hall–Kier alpha value is -3.22. The van der Waals surface area contributed by atoms with E-state index in [0.29, 0.717) is 24.6 Å². The number of aromatic nitrogens is 1. The maximum absolute atomic E-state index is 13.6. The van der Waals surface area contributed by atoms with Crippen LogP contribution in [0.5, 0.6) is 5.75 Å². The molecule has 32 heavy (non-hydrogen) atoms. The molecular formula is C26H26N2O3S. The summed E-state index contributed by atoms with van der Waals surface area (Å²) in [5.41, 5.74) is 2.87. The normalized spacial score (nSPS) is 11.9. The molecule has 6 heteroatoms. The Balaban J connectivity index is 1.82. The van der Waals surface area contributed by atoms with Crippen LogP contribution >= 0.6 is 11.3 Å². The molecule has 0 bridgehead atoms. The van der Waals surface area contributed by atoms with Crippen LogP contribution in [0.4, 0.5) is 0 Å². The van der Waals surface area contributed by atoms with Gasteiger partial charge in [0, 0.05) is 13.7 Å². The SMILES string of the molecule is CCOc1ccc2c(c1)sc(=NC(=O)C(c1ccccc1)c1ccccc1)n2CCOC. The van der Waals surface area contributed by atoms with E-state index >= 15 is 0 Å². The molecule has 1 heterocycles. The van der Waals surface area contributed by atoms with Crippen LogP contribution in [0.25, 0.3) is 10.2 Å². The Morgan fingerprint density at radius 2 is 1.66 bits per heavy atom. The second-order valence-corrected chi connectivity index (χ2v) is 8.31. The Morgan fingerprint density at radius 3 is 2.25 bits per heavy atom. The summed E-state index contributed by atoms with van der Waals surface area (Å²) in [5.74, 6) is 0.159. The van der Waals surface area contributed by atoms with Gasteiger partial charge in [0.25, 0.3) is 5.91 Å². The van der Waals surface area contributed by atoms with Crippen LogP contribution in [0.1, 0.15) is 24.0 Å². The molecule has 0 aliphatic rings. The van der Waals surface area contributed by atoms with Gasteiger partial charge < -0.3 is 14.0 Å². The molecule has 0 aliphatic carbocycles. The maximum atomic E-state index is 13.6. The van der Waals surface area contributed by atoms with Gasteiger partial charge in [0.2, 0.25) is 0 Å². The largest absolute Gasteiger partial charge is 0.494 e. The molecule has 164 valence electrons. The second kappa shape index (κ2) is 10.4. The van der Waals surface area contributed by atoms with Crippen molar-refractivity contribution >= 4 is 27.5 Å². The summed E-state index contributed by atoms with van der Waals surface area (Å²) >= 11 is 1.49. The van der Waals surface area contributed by atoms with Gasteiger partial charge >= 0.3 is 0 Å². The number of thiazole rings is 1. The average Bonchev–Trinajstić information content (AvgIpc) is 3.15. The molecule has 4 rings (SSSR count). The Kier molecular flexibility index (Phi) is 7.14. The molecule has 0 radical (unpaired) electrons. The summed E-state index contributed by atoms with van der Waals surface area (Å²) < 4.78 is 14.0. The number of carbonyl (C=O) groups excluding carboxylic acids is 1. The molecule has 3 aromatic carbocycles. The van der Waals surface area contributed by atoms with Crippen molar-refractivity contribution in [3.8, 4) is 5.75 Å². The highest BCUT2D eigenvalue weighted by Gasteiger charge is 2.22. The summed E-state index contributed by atoms with van der Waals surface area (Å²) in [7, 11) is 1.67. The van der Waals surface area contributed by atoms with Gasteiger partial charge in [-0.05, 0) is 36.2 Å². The Morgan fingerprint density at radius 1 is 1.00 bits per heavy atom. The van der Waals surface area contributed by atoms with Crippen molar-refractivity contribution in [1.82, 2.24) is 4.57 Å². The average molecular weight is 447 g/mol. The molecule has 0 fully saturated rings. The number of hydrogen-bond acceptors (Lipinski definition) is 4. The minimum Gasteiger partial charge on any atom is -0.494 e.